The molecule has 1 amide bonds. The number of hydrogen-bond acceptors (Lipinski definition) is 6. The molecule has 8 heteroatoms. The highest BCUT2D eigenvalue weighted by Gasteiger charge is 2.48. The van der Waals surface area contributed by atoms with Crippen molar-refractivity contribution in [1.29, 1.82) is 5.26 Å². The molecule has 4 heterocycles. The summed E-state index contributed by atoms with van der Waals surface area (Å²) in [7, 11) is 0. The van der Waals surface area contributed by atoms with E-state index in [-0.39, 0.29) is 11.7 Å². The van der Waals surface area contributed by atoms with Gasteiger partial charge in [-0.1, -0.05) is 6.07 Å². The fourth-order valence-electron chi connectivity index (χ4n) is 6.26. The summed E-state index contributed by atoms with van der Waals surface area (Å²) in [5.41, 5.74) is 2.16. The van der Waals surface area contributed by atoms with Gasteiger partial charge >= 0.3 is 6.09 Å². The van der Waals surface area contributed by atoms with Crippen molar-refractivity contribution in [2.75, 3.05) is 31.1 Å². The van der Waals surface area contributed by atoms with Crippen LogP contribution in [0, 0.1) is 23.2 Å². The molecule has 3 unspecified atom stereocenters. The van der Waals surface area contributed by atoms with Gasteiger partial charge in [-0.3, -0.25) is 0 Å². The predicted octanol–water partition coefficient (Wildman–Crippen LogP) is 4.21. The summed E-state index contributed by atoms with van der Waals surface area (Å²) in [5.74, 6) is 1.86. The van der Waals surface area contributed by atoms with Crippen molar-refractivity contribution in [3.8, 4) is 6.07 Å². The molecule has 0 N–H and O–H groups in total. The molecule has 1 spiro atoms. The lowest BCUT2D eigenvalue weighted by atomic mass is 9.78. The number of benzene rings is 1. The van der Waals surface area contributed by atoms with Gasteiger partial charge in [0.1, 0.15) is 11.4 Å². The van der Waals surface area contributed by atoms with Crippen LogP contribution < -0.4 is 4.90 Å². The maximum atomic E-state index is 12.9. The summed E-state index contributed by atoms with van der Waals surface area (Å²) in [6, 6.07) is 13.8. The standard InChI is InChI=1S/C27H30N6O2/c28-14-20-6-7-23-24(12-20)33(19-30-23)15-21-4-3-9-27(13-21)18-32(26(34)35-27)17-22-8-11-31(16-22)25-5-1-2-10-29-25/h1-2,5-7,10,12,19,21-22H,3-4,8-9,11,13,15-18H2. The van der Waals surface area contributed by atoms with Crippen LogP contribution in [0.25, 0.3) is 11.0 Å². The van der Waals surface area contributed by atoms with Crippen LogP contribution in [0.5, 0.6) is 0 Å². The predicted molar refractivity (Wildman–Crippen MR) is 132 cm³/mol. The Bertz CT molecular complexity index is 1270. The van der Waals surface area contributed by atoms with E-state index in [1.165, 1.54) is 0 Å². The van der Waals surface area contributed by atoms with Crippen LogP contribution in [0.4, 0.5) is 10.6 Å². The summed E-state index contributed by atoms with van der Waals surface area (Å²) in [5, 5.41) is 9.27. The first-order valence-electron chi connectivity index (χ1n) is 12.6. The molecule has 3 atom stereocenters. The van der Waals surface area contributed by atoms with Crippen LogP contribution in [-0.4, -0.2) is 57.3 Å². The topological polar surface area (TPSA) is 87.3 Å². The zero-order valence-electron chi connectivity index (χ0n) is 19.8. The summed E-state index contributed by atoms with van der Waals surface area (Å²) in [6.45, 7) is 4.16. The highest BCUT2D eigenvalue weighted by Crippen LogP contribution is 2.41. The highest BCUT2D eigenvalue weighted by molar-refractivity contribution is 5.77. The SMILES string of the molecule is N#Cc1ccc2ncn(CC3CCCC4(C3)CN(CC3CCN(c5ccccn5)C3)C(=O)O4)c2c1. The fourth-order valence-corrected chi connectivity index (χ4v) is 6.26. The molecule has 35 heavy (non-hydrogen) atoms. The van der Waals surface area contributed by atoms with Crippen LogP contribution >= 0.6 is 0 Å². The number of anilines is 1. The minimum Gasteiger partial charge on any atom is -0.441 e. The first-order chi connectivity index (χ1) is 17.1. The Labute approximate surface area is 205 Å². The first kappa shape index (κ1) is 21.9. The van der Waals surface area contributed by atoms with E-state index >= 15 is 0 Å². The molecule has 1 aliphatic carbocycles. The molecular formula is C27H30N6O2. The number of pyridine rings is 1. The lowest BCUT2D eigenvalue weighted by Crippen LogP contribution is -2.41. The lowest BCUT2D eigenvalue weighted by Gasteiger charge is -2.36. The second-order valence-corrected chi connectivity index (χ2v) is 10.4. The molecule has 1 aromatic carbocycles. The molecule has 2 saturated heterocycles. The number of rotatable bonds is 5. The molecule has 0 bridgehead atoms. The maximum Gasteiger partial charge on any atom is 0.410 e. The van der Waals surface area contributed by atoms with E-state index in [2.05, 4.69) is 25.5 Å². The van der Waals surface area contributed by atoms with E-state index < -0.39 is 0 Å². The Morgan fingerprint density at radius 1 is 1.14 bits per heavy atom. The third-order valence-corrected chi connectivity index (χ3v) is 7.89. The number of fused-ring (bicyclic) bond motifs is 1. The molecule has 2 aromatic heterocycles. The summed E-state index contributed by atoms with van der Waals surface area (Å²) < 4.78 is 8.24. The third kappa shape index (κ3) is 4.31. The van der Waals surface area contributed by atoms with Crippen LogP contribution in [0.1, 0.15) is 37.7 Å². The Balaban J connectivity index is 1.10. The maximum absolute atomic E-state index is 12.9. The minimum atomic E-state index is -0.381. The lowest BCUT2D eigenvalue weighted by molar-refractivity contribution is 0.00414. The second kappa shape index (κ2) is 8.88. The molecular weight excluding hydrogens is 440 g/mol. The van der Waals surface area contributed by atoms with E-state index in [0.29, 0.717) is 23.9 Å². The van der Waals surface area contributed by atoms with Crippen molar-refractivity contribution in [1.82, 2.24) is 19.4 Å². The van der Waals surface area contributed by atoms with Gasteiger partial charge in [0.15, 0.2) is 0 Å². The molecule has 180 valence electrons. The van der Waals surface area contributed by atoms with E-state index in [1.807, 2.05) is 53.8 Å². The van der Waals surface area contributed by atoms with Crippen LogP contribution in [0.3, 0.4) is 0 Å². The molecule has 1 saturated carbocycles. The summed E-state index contributed by atoms with van der Waals surface area (Å²) in [4.78, 5) is 26.1. The highest BCUT2D eigenvalue weighted by atomic mass is 16.6. The molecule has 3 aliphatic rings. The van der Waals surface area contributed by atoms with Gasteiger partial charge in [0.25, 0.3) is 0 Å². The van der Waals surface area contributed by atoms with Crippen LogP contribution in [-0.2, 0) is 11.3 Å². The van der Waals surface area contributed by atoms with Gasteiger partial charge in [0, 0.05) is 32.4 Å². The first-order valence-corrected chi connectivity index (χ1v) is 12.6. The Morgan fingerprint density at radius 2 is 2.09 bits per heavy atom. The zero-order chi connectivity index (χ0) is 23.8. The number of amides is 1. The van der Waals surface area contributed by atoms with Crippen molar-refractivity contribution >= 4 is 22.9 Å². The third-order valence-electron chi connectivity index (χ3n) is 7.89. The molecule has 2 aliphatic heterocycles. The number of nitriles is 1. The molecule has 6 rings (SSSR count). The van der Waals surface area contributed by atoms with Gasteiger partial charge in [-0.25, -0.2) is 14.8 Å². The Morgan fingerprint density at radius 3 is 2.94 bits per heavy atom. The molecule has 3 fully saturated rings. The van der Waals surface area contributed by atoms with Crippen molar-refractivity contribution in [2.24, 2.45) is 11.8 Å². The van der Waals surface area contributed by atoms with E-state index in [9.17, 15) is 10.1 Å². The minimum absolute atomic E-state index is 0.159. The molecule has 8 nitrogen and oxygen atoms in total. The quantitative estimate of drug-likeness (QED) is 0.555. The average molecular weight is 471 g/mol. The second-order valence-electron chi connectivity index (χ2n) is 10.4. The number of carbonyl (C=O) groups excluding carboxylic acids is 1. The van der Waals surface area contributed by atoms with Gasteiger partial charge in [-0.2, -0.15) is 5.26 Å². The number of hydrogen-bond donors (Lipinski definition) is 0. The van der Waals surface area contributed by atoms with E-state index in [4.69, 9.17) is 4.74 Å². The summed E-state index contributed by atoms with van der Waals surface area (Å²) in [6.07, 6.45) is 8.57. The van der Waals surface area contributed by atoms with Gasteiger partial charge in [-0.15, -0.1) is 0 Å². The molecule has 0 radical (unpaired) electrons. The van der Waals surface area contributed by atoms with Crippen molar-refractivity contribution in [3.05, 3.63) is 54.5 Å². The Hall–Kier alpha value is -3.60. The van der Waals surface area contributed by atoms with Gasteiger partial charge in [-0.05, 0) is 74.3 Å². The van der Waals surface area contributed by atoms with Crippen molar-refractivity contribution in [3.63, 3.8) is 0 Å². The van der Waals surface area contributed by atoms with Crippen molar-refractivity contribution in [2.45, 2.75) is 44.2 Å². The number of nitrogens with zero attached hydrogens (tertiary/aromatic N) is 6. The number of imidazole rings is 1. The van der Waals surface area contributed by atoms with Crippen LogP contribution in [0.2, 0.25) is 0 Å². The Kier molecular flexibility index (Phi) is 5.56. The summed E-state index contributed by atoms with van der Waals surface area (Å²) >= 11 is 0. The normalized spacial score (nSPS) is 26.4. The number of carbonyl (C=O) groups is 1. The van der Waals surface area contributed by atoms with Gasteiger partial charge in [0.05, 0.1) is 35.5 Å². The fraction of sp³-hybridized carbons (Fsp3) is 0.481. The zero-order valence-corrected chi connectivity index (χ0v) is 19.8. The average Bonchev–Trinajstić information content (AvgIpc) is 3.58. The van der Waals surface area contributed by atoms with Gasteiger partial charge in [0.2, 0.25) is 0 Å². The van der Waals surface area contributed by atoms with Gasteiger partial charge < -0.3 is 19.1 Å². The van der Waals surface area contributed by atoms with Crippen LogP contribution in [0.15, 0.2) is 48.9 Å². The van der Waals surface area contributed by atoms with E-state index in [1.54, 1.807) is 0 Å². The largest absolute Gasteiger partial charge is 0.441 e. The number of ether oxygens (including phenoxy) is 1. The van der Waals surface area contributed by atoms with Crippen molar-refractivity contribution < 1.29 is 9.53 Å². The number of aromatic nitrogens is 3. The monoisotopic (exact) mass is 470 g/mol. The smallest absolute Gasteiger partial charge is 0.410 e. The van der Waals surface area contributed by atoms with E-state index in [0.717, 1.165) is 75.1 Å². The molecule has 3 aromatic rings.